The van der Waals surface area contributed by atoms with E-state index in [1.54, 1.807) is 71.0 Å². The van der Waals surface area contributed by atoms with E-state index in [2.05, 4.69) is 15.0 Å². The fourth-order valence-corrected chi connectivity index (χ4v) is 8.30. The lowest BCUT2D eigenvalue weighted by Gasteiger charge is -2.29. The van der Waals surface area contributed by atoms with Crippen molar-refractivity contribution in [3.63, 3.8) is 0 Å². The molecule has 8 rings (SSSR count). The molecule has 1 unspecified atom stereocenters. The summed E-state index contributed by atoms with van der Waals surface area (Å²) in [5.41, 5.74) is 6.73. The van der Waals surface area contributed by atoms with Crippen LogP contribution in [-0.2, 0) is 5.41 Å². The second-order valence-corrected chi connectivity index (χ2v) is 17.8. The Kier molecular flexibility index (Phi) is 12.7. The summed E-state index contributed by atoms with van der Waals surface area (Å²) in [7, 11) is 0. The Morgan fingerprint density at radius 1 is 0.683 bits per heavy atom. The highest BCUT2D eigenvalue weighted by molar-refractivity contribution is 6.33. The Hall–Kier alpha value is -6.08. The topological polar surface area (TPSA) is 142 Å². The Morgan fingerprint density at radius 3 is 1.94 bits per heavy atom. The van der Waals surface area contributed by atoms with Crippen LogP contribution >= 0.6 is 11.6 Å². The molecule has 2 aromatic carbocycles. The molecule has 2 N–H and O–H groups in total. The van der Waals surface area contributed by atoms with Crippen molar-refractivity contribution in [1.82, 2.24) is 29.7 Å². The van der Waals surface area contributed by atoms with Gasteiger partial charge in [-0.25, -0.2) is 4.39 Å². The van der Waals surface area contributed by atoms with Crippen LogP contribution in [0.15, 0.2) is 104 Å². The van der Waals surface area contributed by atoms with Crippen LogP contribution in [0.1, 0.15) is 91.6 Å². The van der Waals surface area contributed by atoms with Crippen LogP contribution < -0.4 is 4.74 Å². The van der Waals surface area contributed by atoms with Crippen LogP contribution in [0.3, 0.4) is 0 Å². The number of halogens is 2. The van der Waals surface area contributed by atoms with E-state index in [4.69, 9.17) is 21.3 Å². The maximum atomic E-state index is 16.8. The molecular formula is C50H50ClFN6O5. The van der Waals surface area contributed by atoms with Gasteiger partial charge in [-0.3, -0.25) is 29.5 Å². The van der Waals surface area contributed by atoms with E-state index in [1.807, 2.05) is 58.0 Å². The van der Waals surface area contributed by atoms with Gasteiger partial charge in [-0.2, -0.15) is 0 Å². The largest absolute Gasteiger partial charge is 0.482 e. The van der Waals surface area contributed by atoms with E-state index in [9.17, 15) is 19.8 Å². The first-order chi connectivity index (χ1) is 30.2. The number of likely N-dealkylation sites (tertiary alicyclic amines) is 2. The van der Waals surface area contributed by atoms with E-state index in [1.165, 1.54) is 12.4 Å². The van der Waals surface area contributed by atoms with Crippen LogP contribution in [0.5, 0.6) is 5.75 Å². The third-order valence-corrected chi connectivity index (χ3v) is 12.2. The molecule has 2 fully saturated rings. The van der Waals surface area contributed by atoms with Gasteiger partial charge in [-0.15, -0.1) is 0 Å². The minimum absolute atomic E-state index is 0.112. The van der Waals surface area contributed by atoms with E-state index in [-0.39, 0.29) is 40.6 Å². The summed E-state index contributed by atoms with van der Waals surface area (Å²) in [6, 6.07) is 19.8. The SMILES string of the molecule is CC(Oc1cnc(C(C)(C)C)cc1-c1cncc(-c2ccc(C(=O)N3CCC(O)CC3)cc2)c1F)c1cc(-c2cncc(-c3ccc(C(=O)N4CCC(O)CC4)cc3Cl)c2)ccn1. The Bertz CT molecular complexity index is 2640. The fourth-order valence-electron chi connectivity index (χ4n) is 8.01. The Labute approximate surface area is 371 Å². The number of aliphatic hydroxyl groups is 2. The zero-order valence-corrected chi connectivity index (χ0v) is 36.5. The van der Waals surface area contributed by atoms with Crippen LogP contribution in [-0.4, -0.2) is 90.2 Å². The first-order valence-corrected chi connectivity index (χ1v) is 21.7. The van der Waals surface area contributed by atoms with Crippen molar-refractivity contribution >= 4 is 23.4 Å². The summed E-state index contributed by atoms with van der Waals surface area (Å²) in [4.78, 5) is 48.1. The molecule has 6 heterocycles. The molecule has 0 bridgehead atoms. The number of aromatic nitrogens is 4. The monoisotopic (exact) mass is 868 g/mol. The minimum Gasteiger partial charge on any atom is -0.482 e. The van der Waals surface area contributed by atoms with Gasteiger partial charge < -0.3 is 24.7 Å². The van der Waals surface area contributed by atoms with Gasteiger partial charge in [0, 0.05) is 118 Å². The Morgan fingerprint density at radius 2 is 1.29 bits per heavy atom. The number of hydrogen-bond acceptors (Lipinski definition) is 9. The molecule has 2 aliphatic rings. The van der Waals surface area contributed by atoms with Crippen molar-refractivity contribution in [3.05, 3.63) is 137 Å². The lowest BCUT2D eigenvalue weighted by Crippen LogP contribution is -2.40. The molecule has 0 saturated carbocycles. The van der Waals surface area contributed by atoms with E-state index in [0.717, 1.165) is 27.9 Å². The van der Waals surface area contributed by atoms with Crippen molar-refractivity contribution < 1.29 is 28.9 Å². The highest BCUT2D eigenvalue weighted by Gasteiger charge is 2.26. The average Bonchev–Trinajstić information content (AvgIpc) is 3.29. The fraction of sp³-hybridized carbons (Fsp3) is 0.320. The van der Waals surface area contributed by atoms with Crippen molar-refractivity contribution in [2.24, 2.45) is 0 Å². The molecule has 2 saturated heterocycles. The minimum atomic E-state index is -0.586. The molecular weight excluding hydrogens is 819 g/mol. The normalized spacial score (nSPS) is 15.6. The molecule has 13 heteroatoms. The molecule has 11 nitrogen and oxygen atoms in total. The number of pyridine rings is 4. The summed E-state index contributed by atoms with van der Waals surface area (Å²) >= 11 is 6.78. The number of ether oxygens (including phenoxy) is 1. The number of benzene rings is 2. The molecule has 2 amide bonds. The van der Waals surface area contributed by atoms with Gasteiger partial charge in [0.1, 0.15) is 17.7 Å². The van der Waals surface area contributed by atoms with Gasteiger partial charge >= 0.3 is 0 Å². The van der Waals surface area contributed by atoms with E-state index < -0.39 is 11.9 Å². The molecule has 2 aliphatic heterocycles. The Balaban J connectivity index is 1.04. The number of amides is 2. The molecule has 0 aliphatic carbocycles. The second-order valence-electron chi connectivity index (χ2n) is 17.4. The molecule has 0 radical (unpaired) electrons. The summed E-state index contributed by atoms with van der Waals surface area (Å²) in [5.74, 6) is -0.369. The number of carbonyl (C=O) groups is 2. The van der Waals surface area contributed by atoms with Crippen LogP contribution in [0, 0.1) is 5.82 Å². The van der Waals surface area contributed by atoms with Crippen LogP contribution in [0.2, 0.25) is 5.02 Å². The van der Waals surface area contributed by atoms with Crippen molar-refractivity contribution in [1.29, 1.82) is 0 Å². The first kappa shape index (κ1) is 43.6. The number of hydrogen-bond donors (Lipinski definition) is 2. The molecule has 4 aromatic heterocycles. The summed E-state index contributed by atoms with van der Waals surface area (Å²) in [5, 5.41) is 20.2. The first-order valence-electron chi connectivity index (χ1n) is 21.3. The number of carbonyl (C=O) groups excluding carboxylic acids is 2. The number of rotatable bonds is 9. The zero-order chi connectivity index (χ0) is 44.4. The zero-order valence-electron chi connectivity index (χ0n) is 35.8. The lowest BCUT2D eigenvalue weighted by molar-refractivity contribution is 0.0537. The van der Waals surface area contributed by atoms with Crippen molar-refractivity contribution in [3.8, 4) is 50.3 Å². The predicted molar refractivity (Wildman–Crippen MR) is 241 cm³/mol. The van der Waals surface area contributed by atoms with Crippen molar-refractivity contribution in [2.75, 3.05) is 26.2 Å². The third kappa shape index (κ3) is 9.63. The van der Waals surface area contributed by atoms with Gasteiger partial charge in [-0.05, 0) is 92.3 Å². The van der Waals surface area contributed by atoms with E-state index >= 15 is 4.39 Å². The standard InChI is InChI=1S/C50H50ClFN6O5/c1-30(44-23-33(11-16-55-44)35-21-36(26-53-25-35)39-10-9-34(22-43(39)51)49(62)58-19-14-38(60)15-20-58)63-45-29-56-46(50(2,3)4)24-40(45)42-28-54-27-41(47(42)52)31-5-7-32(8-6-31)48(61)57-17-12-37(59)13-18-57/h5-11,16,21-30,37-38,59-60H,12-15,17-20H2,1-4H3. The second kappa shape index (κ2) is 18.3. The number of aliphatic hydroxyl groups excluding tert-OH is 2. The lowest BCUT2D eigenvalue weighted by atomic mass is 9.89. The molecule has 324 valence electrons. The van der Waals surface area contributed by atoms with Gasteiger partial charge in [0.2, 0.25) is 0 Å². The van der Waals surface area contributed by atoms with E-state index in [0.29, 0.717) is 90.6 Å². The third-order valence-electron chi connectivity index (χ3n) is 11.9. The van der Waals surface area contributed by atoms with Crippen molar-refractivity contribution in [2.45, 2.75) is 77.1 Å². The van der Waals surface area contributed by atoms with Crippen LogP contribution in [0.25, 0.3) is 44.5 Å². The number of nitrogens with zero attached hydrogens (tertiary/aromatic N) is 6. The predicted octanol–water partition coefficient (Wildman–Crippen LogP) is 9.36. The highest BCUT2D eigenvalue weighted by Crippen LogP contribution is 2.39. The smallest absolute Gasteiger partial charge is 0.253 e. The quantitative estimate of drug-likeness (QED) is 0.145. The molecule has 1 atom stereocenters. The number of piperidine rings is 2. The summed E-state index contributed by atoms with van der Waals surface area (Å²) in [6.45, 7) is 9.97. The maximum Gasteiger partial charge on any atom is 0.253 e. The van der Waals surface area contributed by atoms with Crippen LogP contribution in [0.4, 0.5) is 4.39 Å². The average molecular weight is 869 g/mol. The van der Waals surface area contributed by atoms with Gasteiger partial charge in [0.15, 0.2) is 0 Å². The summed E-state index contributed by atoms with van der Waals surface area (Å²) < 4.78 is 23.4. The summed E-state index contributed by atoms with van der Waals surface area (Å²) in [6.07, 6.45) is 10.6. The van der Waals surface area contributed by atoms with Gasteiger partial charge in [0.05, 0.1) is 24.1 Å². The maximum absolute atomic E-state index is 16.8. The van der Waals surface area contributed by atoms with Gasteiger partial charge in [-0.1, -0.05) is 50.6 Å². The molecule has 63 heavy (non-hydrogen) atoms. The highest BCUT2D eigenvalue weighted by atomic mass is 35.5. The molecule has 0 spiro atoms. The molecule has 6 aromatic rings. The van der Waals surface area contributed by atoms with Gasteiger partial charge in [0.25, 0.3) is 11.8 Å².